The molecule has 0 aromatic heterocycles. The van der Waals surface area contributed by atoms with E-state index in [9.17, 15) is 19.8 Å². The standard InChI is InChI=1S/C14H10ClNO5/c15-8-1-2-12(11(5-8)14(20)21)16-13(19)7-3-9(17)6-10(18)4-7/h1-6,17-18H,(H,16,19)(H,20,21). The minimum Gasteiger partial charge on any atom is -0.508 e. The molecule has 1 amide bonds. The molecule has 0 spiro atoms. The monoisotopic (exact) mass is 307 g/mol. The van der Waals surface area contributed by atoms with Crippen LogP contribution in [-0.4, -0.2) is 27.2 Å². The largest absolute Gasteiger partial charge is 0.508 e. The molecule has 108 valence electrons. The van der Waals surface area contributed by atoms with Gasteiger partial charge in [-0.2, -0.15) is 0 Å². The number of anilines is 1. The van der Waals surface area contributed by atoms with E-state index >= 15 is 0 Å². The third kappa shape index (κ3) is 3.43. The number of phenols is 2. The Morgan fingerprint density at radius 2 is 1.62 bits per heavy atom. The lowest BCUT2D eigenvalue weighted by molar-refractivity contribution is 0.0698. The Hall–Kier alpha value is -2.73. The zero-order chi connectivity index (χ0) is 15.6. The summed E-state index contributed by atoms with van der Waals surface area (Å²) in [6, 6.07) is 7.36. The number of carboxylic acids is 1. The van der Waals surface area contributed by atoms with Crippen LogP contribution >= 0.6 is 11.6 Å². The van der Waals surface area contributed by atoms with Crippen molar-refractivity contribution in [3.63, 3.8) is 0 Å². The van der Waals surface area contributed by atoms with E-state index in [1.807, 2.05) is 0 Å². The molecule has 6 nitrogen and oxygen atoms in total. The molecule has 0 aliphatic rings. The number of carboxylic acid groups (broad SMARTS) is 1. The number of halogens is 1. The zero-order valence-electron chi connectivity index (χ0n) is 10.5. The van der Waals surface area contributed by atoms with Gasteiger partial charge in [-0.05, 0) is 30.3 Å². The first-order chi connectivity index (χ1) is 9.86. The van der Waals surface area contributed by atoms with Crippen molar-refractivity contribution in [1.82, 2.24) is 0 Å². The molecule has 0 aliphatic carbocycles. The molecular weight excluding hydrogens is 298 g/mol. The maximum atomic E-state index is 12.0. The molecule has 2 rings (SSSR count). The fourth-order valence-electron chi connectivity index (χ4n) is 1.72. The summed E-state index contributed by atoms with van der Waals surface area (Å²) in [6.45, 7) is 0. The fraction of sp³-hybridized carbons (Fsp3) is 0. The molecule has 0 bridgehead atoms. The van der Waals surface area contributed by atoms with Crippen molar-refractivity contribution in [3.05, 3.63) is 52.5 Å². The van der Waals surface area contributed by atoms with E-state index in [-0.39, 0.29) is 33.3 Å². The number of hydrogen-bond acceptors (Lipinski definition) is 4. The molecule has 0 fully saturated rings. The topological polar surface area (TPSA) is 107 Å². The molecule has 0 heterocycles. The van der Waals surface area contributed by atoms with Crippen LogP contribution in [0.15, 0.2) is 36.4 Å². The summed E-state index contributed by atoms with van der Waals surface area (Å²) in [6.07, 6.45) is 0. The lowest BCUT2D eigenvalue weighted by Gasteiger charge is -2.09. The van der Waals surface area contributed by atoms with Crippen LogP contribution < -0.4 is 5.32 Å². The summed E-state index contributed by atoms with van der Waals surface area (Å²) in [4.78, 5) is 23.1. The number of benzene rings is 2. The highest BCUT2D eigenvalue weighted by Crippen LogP contribution is 2.24. The summed E-state index contributed by atoms with van der Waals surface area (Å²) < 4.78 is 0. The third-order valence-corrected chi connectivity index (χ3v) is 2.86. The van der Waals surface area contributed by atoms with Crippen molar-refractivity contribution in [3.8, 4) is 11.5 Å². The zero-order valence-corrected chi connectivity index (χ0v) is 11.3. The van der Waals surface area contributed by atoms with Gasteiger partial charge in [0.25, 0.3) is 5.91 Å². The van der Waals surface area contributed by atoms with Gasteiger partial charge >= 0.3 is 5.97 Å². The lowest BCUT2D eigenvalue weighted by Crippen LogP contribution is -2.14. The molecular formula is C14H10ClNO5. The van der Waals surface area contributed by atoms with E-state index in [0.717, 1.165) is 18.2 Å². The molecule has 4 N–H and O–H groups in total. The molecule has 0 saturated heterocycles. The fourth-order valence-corrected chi connectivity index (χ4v) is 1.90. The van der Waals surface area contributed by atoms with Crippen molar-refractivity contribution in [2.75, 3.05) is 5.32 Å². The molecule has 0 saturated carbocycles. The van der Waals surface area contributed by atoms with Gasteiger partial charge in [-0.1, -0.05) is 11.6 Å². The normalized spacial score (nSPS) is 10.1. The van der Waals surface area contributed by atoms with Crippen molar-refractivity contribution >= 4 is 29.2 Å². The van der Waals surface area contributed by atoms with E-state index < -0.39 is 11.9 Å². The molecule has 0 unspecified atom stereocenters. The Bertz CT molecular complexity index is 709. The minimum atomic E-state index is -1.24. The smallest absolute Gasteiger partial charge is 0.337 e. The number of phenolic OH excluding ortho intramolecular Hbond substituents is 2. The van der Waals surface area contributed by atoms with E-state index in [0.29, 0.717) is 0 Å². The Morgan fingerprint density at radius 3 is 2.19 bits per heavy atom. The van der Waals surface area contributed by atoms with Crippen LogP contribution in [0.1, 0.15) is 20.7 Å². The number of hydrogen-bond donors (Lipinski definition) is 4. The third-order valence-electron chi connectivity index (χ3n) is 2.62. The average Bonchev–Trinajstić information content (AvgIpc) is 2.39. The predicted molar refractivity (Wildman–Crippen MR) is 76.1 cm³/mol. The predicted octanol–water partition coefficient (Wildman–Crippen LogP) is 2.70. The van der Waals surface area contributed by atoms with Crippen LogP contribution in [-0.2, 0) is 0 Å². The number of nitrogens with one attached hydrogen (secondary N) is 1. The summed E-state index contributed by atoms with van der Waals surface area (Å²) in [5, 5.41) is 30.4. The van der Waals surface area contributed by atoms with Crippen molar-refractivity contribution in [2.45, 2.75) is 0 Å². The second kappa shape index (κ2) is 5.72. The highest BCUT2D eigenvalue weighted by molar-refractivity contribution is 6.31. The first-order valence-electron chi connectivity index (χ1n) is 5.74. The summed E-state index contributed by atoms with van der Waals surface area (Å²) in [5.74, 6) is -2.48. The van der Waals surface area contributed by atoms with Crippen LogP contribution in [0, 0.1) is 0 Å². The Kier molecular flexibility index (Phi) is 4.00. The summed E-state index contributed by atoms with van der Waals surface area (Å²) in [5.41, 5.74) is -0.126. The van der Waals surface area contributed by atoms with Gasteiger partial charge in [0.2, 0.25) is 0 Å². The van der Waals surface area contributed by atoms with Crippen LogP contribution in [0.2, 0.25) is 5.02 Å². The second-order valence-electron chi connectivity index (χ2n) is 4.19. The number of amides is 1. The van der Waals surface area contributed by atoms with Gasteiger partial charge in [-0.25, -0.2) is 4.79 Å². The van der Waals surface area contributed by atoms with Crippen LogP contribution in [0.25, 0.3) is 0 Å². The average molecular weight is 308 g/mol. The van der Waals surface area contributed by atoms with Crippen molar-refractivity contribution < 1.29 is 24.9 Å². The second-order valence-corrected chi connectivity index (χ2v) is 4.62. The highest BCUT2D eigenvalue weighted by atomic mass is 35.5. The summed E-state index contributed by atoms with van der Waals surface area (Å²) >= 11 is 5.71. The molecule has 0 atom stereocenters. The SMILES string of the molecule is O=C(Nc1ccc(Cl)cc1C(=O)O)c1cc(O)cc(O)c1. The molecule has 0 aliphatic heterocycles. The van der Waals surface area contributed by atoms with E-state index in [2.05, 4.69) is 5.32 Å². The van der Waals surface area contributed by atoms with E-state index in [1.165, 1.54) is 18.2 Å². The van der Waals surface area contributed by atoms with E-state index in [4.69, 9.17) is 16.7 Å². The maximum Gasteiger partial charge on any atom is 0.337 e. The Balaban J connectivity index is 2.33. The van der Waals surface area contributed by atoms with Crippen molar-refractivity contribution in [2.24, 2.45) is 0 Å². The van der Waals surface area contributed by atoms with Gasteiger partial charge in [0.15, 0.2) is 0 Å². The van der Waals surface area contributed by atoms with Gasteiger partial charge in [0.1, 0.15) is 11.5 Å². The quantitative estimate of drug-likeness (QED) is 0.697. The van der Waals surface area contributed by atoms with Gasteiger partial charge in [-0.3, -0.25) is 4.79 Å². The number of carbonyl (C=O) groups excluding carboxylic acids is 1. The minimum absolute atomic E-state index is 0.0150. The van der Waals surface area contributed by atoms with Crippen molar-refractivity contribution in [1.29, 1.82) is 0 Å². The Labute approximate surface area is 124 Å². The molecule has 0 radical (unpaired) electrons. The molecule has 7 heteroatoms. The molecule has 2 aromatic carbocycles. The van der Waals surface area contributed by atoms with Crippen LogP contribution in [0.4, 0.5) is 5.69 Å². The highest BCUT2D eigenvalue weighted by Gasteiger charge is 2.15. The number of rotatable bonds is 3. The van der Waals surface area contributed by atoms with Gasteiger partial charge in [-0.15, -0.1) is 0 Å². The first kappa shape index (κ1) is 14.7. The maximum absolute atomic E-state index is 12.0. The van der Waals surface area contributed by atoms with Gasteiger partial charge in [0, 0.05) is 16.7 Å². The number of aromatic hydroxyl groups is 2. The van der Waals surface area contributed by atoms with Crippen LogP contribution in [0.3, 0.4) is 0 Å². The molecule has 2 aromatic rings. The first-order valence-corrected chi connectivity index (χ1v) is 6.12. The van der Waals surface area contributed by atoms with Gasteiger partial charge < -0.3 is 20.6 Å². The van der Waals surface area contributed by atoms with Crippen LogP contribution in [0.5, 0.6) is 11.5 Å². The number of carbonyl (C=O) groups is 2. The van der Waals surface area contributed by atoms with Gasteiger partial charge in [0.05, 0.1) is 11.3 Å². The number of aromatic carboxylic acids is 1. The Morgan fingerprint density at radius 1 is 1.00 bits per heavy atom. The molecule has 21 heavy (non-hydrogen) atoms. The van der Waals surface area contributed by atoms with E-state index in [1.54, 1.807) is 0 Å². The lowest BCUT2D eigenvalue weighted by atomic mass is 10.1. The summed E-state index contributed by atoms with van der Waals surface area (Å²) in [7, 11) is 0.